The number of hydrogen-bond donors (Lipinski definition) is 4. The summed E-state index contributed by atoms with van der Waals surface area (Å²) < 4.78 is 5.41. The lowest BCUT2D eigenvalue weighted by atomic mass is 9.80. The smallest absolute Gasteiger partial charge is 0.200 e. The van der Waals surface area contributed by atoms with Crippen molar-refractivity contribution < 1.29 is 24.5 Å². The maximum Gasteiger partial charge on any atom is 0.200 e. The van der Waals surface area contributed by atoms with E-state index in [0.29, 0.717) is 17.9 Å². The highest BCUT2D eigenvalue weighted by atomic mass is 35.5. The maximum atomic E-state index is 13.2. The highest BCUT2D eigenvalue weighted by Gasteiger charge is 2.39. The number of ketones is 2. The van der Waals surface area contributed by atoms with Crippen LogP contribution in [-0.4, -0.2) is 28.4 Å². The second-order valence-electron chi connectivity index (χ2n) is 6.77. The largest absolute Gasteiger partial charge is 0.507 e. The molecule has 0 spiro atoms. The van der Waals surface area contributed by atoms with Crippen molar-refractivity contribution in [1.82, 2.24) is 0 Å². The standard InChI is InChI=1S/C22H17ClN2O5/c1-2-30-10-5-3-9(4-6-10)11-7-13(24)15-18(20(11)27)22(29)17-16(21(15)28)14(26)8-12(23)19(17)25/h3-8,26-27H,2,24-25H2,1H3. The number of benzene rings is 3. The third-order valence-corrected chi connectivity index (χ3v) is 5.32. The van der Waals surface area contributed by atoms with Gasteiger partial charge in [-0.05, 0) is 30.7 Å². The molecule has 0 radical (unpaired) electrons. The Hall–Kier alpha value is -3.71. The minimum Gasteiger partial charge on any atom is -0.507 e. The van der Waals surface area contributed by atoms with Gasteiger partial charge in [0.05, 0.1) is 39.6 Å². The summed E-state index contributed by atoms with van der Waals surface area (Å²) in [6.45, 7) is 2.36. The number of halogens is 1. The fraction of sp³-hybridized carbons (Fsp3) is 0.0909. The van der Waals surface area contributed by atoms with Crippen LogP contribution in [0, 0.1) is 0 Å². The van der Waals surface area contributed by atoms with E-state index in [9.17, 15) is 19.8 Å². The Balaban J connectivity index is 1.96. The minimum atomic E-state index is -0.744. The molecule has 4 rings (SSSR count). The van der Waals surface area contributed by atoms with Crippen molar-refractivity contribution in [3.05, 3.63) is 63.7 Å². The number of carbonyl (C=O) groups excluding carboxylic acids is 2. The molecule has 3 aromatic rings. The predicted octanol–water partition coefficient (Wildman–Crippen LogP) is 3.76. The highest BCUT2D eigenvalue weighted by molar-refractivity contribution is 6.38. The molecule has 0 heterocycles. The average Bonchev–Trinajstić information content (AvgIpc) is 2.71. The maximum absolute atomic E-state index is 13.2. The third-order valence-electron chi connectivity index (χ3n) is 5.01. The van der Waals surface area contributed by atoms with Gasteiger partial charge in [-0.1, -0.05) is 23.7 Å². The molecule has 0 saturated heterocycles. The molecule has 7 nitrogen and oxygen atoms in total. The molecule has 0 aliphatic heterocycles. The Kier molecular flexibility index (Phi) is 4.55. The number of phenols is 2. The van der Waals surface area contributed by atoms with Crippen molar-refractivity contribution in [2.45, 2.75) is 6.92 Å². The van der Waals surface area contributed by atoms with Gasteiger partial charge in [0.1, 0.15) is 17.2 Å². The molecule has 0 bridgehead atoms. The number of phenolic OH excluding ortho intramolecular Hbond substituents is 2. The van der Waals surface area contributed by atoms with Crippen LogP contribution < -0.4 is 16.2 Å². The molecule has 30 heavy (non-hydrogen) atoms. The van der Waals surface area contributed by atoms with Gasteiger partial charge in [-0.2, -0.15) is 0 Å². The van der Waals surface area contributed by atoms with Crippen molar-refractivity contribution in [2.75, 3.05) is 18.1 Å². The van der Waals surface area contributed by atoms with Crippen LogP contribution in [0.5, 0.6) is 17.2 Å². The van der Waals surface area contributed by atoms with E-state index in [1.165, 1.54) is 6.07 Å². The Labute approximate surface area is 176 Å². The van der Waals surface area contributed by atoms with E-state index in [1.54, 1.807) is 24.3 Å². The van der Waals surface area contributed by atoms with Crippen LogP contribution in [-0.2, 0) is 0 Å². The molecule has 3 aromatic carbocycles. The molecule has 6 N–H and O–H groups in total. The fourth-order valence-corrected chi connectivity index (χ4v) is 3.84. The lowest BCUT2D eigenvalue weighted by Crippen LogP contribution is -2.24. The van der Waals surface area contributed by atoms with Gasteiger partial charge >= 0.3 is 0 Å². The molecule has 0 saturated carbocycles. The van der Waals surface area contributed by atoms with E-state index in [-0.39, 0.29) is 44.2 Å². The van der Waals surface area contributed by atoms with Gasteiger partial charge < -0.3 is 26.4 Å². The van der Waals surface area contributed by atoms with E-state index in [1.807, 2.05) is 6.92 Å². The van der Waals surface area contributed by atoms with Crippen molar-refractivity contribution >= 4 is 34.5 Å². The lowest BCUT2D eigenvalue weighted by Gasteiger charge is -2.24. The summed E-state index contributed by atoms with van der Waals surface area (Å²) in [5.74, 6) is -1.71. The summed E-state index contributed by atoms with van der Waals surface area (Å²) in [4.78, 5) is 26.3. The molecule has 0 amide bonds. The summed E-state index contributed by atoms with van der Waals surface area (Å²) in [6, 6.07) is 9.34. The second kappa shape index (κ2) is 6.96. The van der Waals surface area contributed by atoms with E-state index in [2.05, 4.69) is 0 Å². The topological polar surface area (TPSA) is 136 Å². The van der Waals surface area contributed by atoms with Crippen LogP contribution in [0.1, 0.15) is 38.8 Å². The number of rotatable bonds is 3. The number of hydrogen-bond acceptors (Lipinski definition) is 7. The average molecular weight is 425 g/mol. The van der Waals surface area contributed by atoms with E-state index < -0.39 is 23.1 Å². The Morgan fingerprint density at radius 3 is 2.20 bits per heavy atom. The SMILES string of the molecule is CCOc1ccc(-c2cc(N)c3c(c2O)C(=O)c2c(N)c(Cl)cc(O)c2C3=O)cc1. The van der Waals surface area contributed by atoms with Gasteiger partial charge in [-0.3, -0.25) is 9.59 Å². The first-order chi connectivity index (χ1) is 14.3. The Morgan fingerprint density at radius 1 is 0.933 bits per heavy atom. The van der Waals surface area contributed by atoms with Crippen LogP contribution >= 0.6 is 11.6 Å². The first kappa shape index (κ1) is 19.6. The number of aromatic hydroxyl groups is 2. The zero-order valence-electron chi connectivity index (χ0n) is 15.8. The molecule has 152 valence electrons. The first-order valence-corrected chi connectivity index (χ1v) is 9.43. The van der Waals surface area contributed by atoms with Gasteiger partial charge in [-0.15, -0.1) is 0 Å². The Bertz CT molecular complexity index is 1240. The van der Waals surface area contributed by atoms with Crippen molar-refractivity contribution in [3.8, 4) is 28.4 Å². The summed E-state index contributed by atoms with van der Waals surface area (Å²) in [6.07, 6.45) is 0. The molecular formula is C22H17ClN2O5. The first-order valence-electron chi connectivity index (χ1n) is 9.05. The summed E-state index contributed by atoms with van der Waals surface area (Å²) in [5, 5.41) is 21.1. The quantitative estimate of drug-likeness (QED) is 0.290. The number of nitrogens with two attached hydrogens (primary N) is 2. The Morgan fingerprint density at radius 2 is 1.57 bits per heavy atom. The molecule has 0 aromatic heterocycles. The monoisotopic (exact) mass is 424 g/mol. The van der Waals surface area contributed by atoms with Crippen LogP contribution in [0.2, 0.25) is 5.02 Å². The zero-order chi connectivity index (χ0) is 21.7. The molecule has 0 atom stereocenters. The number of carbonyl (C=O) groups is 2. The van der Waals surface area contributed by atoms with Gasteiger partial charge in [0.2, 0.25) is 11.6 Å². The number of anilines is 2. The molecule has 8 heteroatoms. The molecule has 0 unspecified atom stereocenters. The van der Waals surface area contributed by atoms with Crippen LogP contribution in [0.15, 0.2) is 36.4 Å². The molecule has 0 fully saturated rings. The zero-order valence-corrected chi connectivity index (χ0v) is 16.6. The minimum absolute atomic E-state index is 0.0105. The van der Waals surface area contributed by atoms with Crippen molar-refractivity contribution in [3.63, 3.8) is 0 Å². The number of nitrogen functional groups attached to an aromatic ring is 2. The third kappa shape index (κ3) is 2.74. The fourth-order valence-electron chi connectivity index (χ4n) is 3.64. The van der Waals surface area contributed by atoms with E-state index in [0.717, 1.165) is 6.07 Å². The van der Waals surface area contributed by atoms with Gasteiger partial charge in [0.25, 0.3) is 0 Å². The van der Waals surface area contributed by atoms with Crippen molar-refractivity contribution in [1.29, 1.82) is 0 Å². The van der Waals surface area contributed by atoms with Gasteiger partial charge in [0.15, 0.2) is 0 Å². The summed E-state index contributed by atoms with van der Waals surface area (Å²) in [7, 11) is 0. The predicted molar refractivity (Wildman–Crippen MR) is 114 cm³/mol. The van der Waals surface area contributed by atoms with Crippen molar-refractivity contribution in [2.24, 2.45) is 0 Å². The van der Waals surface area contributed by atoms with Gasteiger partial charge in [-0.25, -0.2) is 0 Å². The number of ether oxygens (including phenoxy) is 1. The van der Waals surface area contributed by atoms with E-state index >= 15 is 0 Å². The highest BCUT2D eigenvalue weighted by Crippen LogP contribution is 2.46. The van der Waals surface area contributed by atoms with Gasteiger partial charge in [0, 0.05) is 17.3 Å². The lowest BCUT2D eigenvalue weighted by molar-refractivity contribution is 0.0975. The van der Waals surface area contributed by atoms with Crippen LogP contribution in [0.25, 0.3) is 11.1 Å². The summed E-state index contributed by atoms with van der Waals surface area (Å²) >= 11 is 5.98. The normalized spacial score (nSPS) is 12.5. The molecule has 1 aliphatic rings. The van der Waals surface area contributed by atoms with E-state index in [4.69, 9.17) is 27.8 Å². The number of fused-ring (bicyclic) bond motifs is 2. The molecular weight excluding hydrogens is 408 g/mol. The van der Waals surface area contributed by atoms with Crippen LogP contribution in [0.3, 0.4) is 0 Å². The summed E-state index contributed by atoms with van der Waals surface area (Å²) in [5.41, 5.74) is 11.7. The van der Waals surface area contributed by atoms with Crippen LogP contribution in [0.4, 0.5) is 11.4 Å². The molecule has 1 aliphatic carbocycles. The second-order valence-corrected chi connectivity index (χ2v) is 7.18.